The summed E-state index contributed by atoms with van der Waals surface area (Å²) in [5, 5.41) is 3.64. The minimum Gasteiger partial charge on any atom is -0.466 e. The number of hydrogen-bond acceptors (Lipinski definition) is 6. The highest BCUT2D eigenvalue weighted by Gasteiger charge is 2.13. The first-order chi connectivity index (χ1) is 11.7. The maximum Gasteiger partial charge on any atom is 0.307 e. The first kappa shape index (κ1) is 16.6. The van der Waals surface area contributed by atoms with Crippen LogP contribution in [-0.2, 0) is 9.53 Å². The van der Waals surface area contributed by atoms with Crippen LogP contribution in [0.5, 0.6) is 0 Å². The molecule has 2 heterocycles. The van der Waals surface area contributed by atoms with Crippen molar-refractivity contribution in [2.75, 3.05) is 13.2 Å². The van der Waals surface area contributed by atoms with Crippen LogP contribution in [0.1, 0.15) is 23.0 Å². The number of carbonyl (C=O) groups is 2. The van der Waals surface area contributed by atoms with Crippen LogP contribution in [-0.4, -0.2) is 30.0 Å². The summed E-state index contributed by atoms with van der Waals surface area (Å²) in [6, 6.07) is 11.7. The fourth-order valence-corrected chi connectivity index (χ4v) is 4.09. The summed E-state index contributed by atoms with van der Waals surface area (Å²) in [7, 11) is 0. The molecule has 0 radical (unpaired) electrons. The highest BCUT2D eigenvalue weighted by molar-refractivity contribution is 7.26. The van der Waals surface area contributed by atoms with Gasteiger partial charge in [-0.3, -0.25) is 9.59 Å². The normalized spacial score (nSPS) is 10.7. The van der Waals surface area contributed by atoms with Gasteiger partial charge in [0.1, 0.15) is 5.01 Å². The third kappa shape index (κ3) is 3.80. The van der Waals surface area contributed by atoms with Crippen LogP contribution >= 0.6 is 22.7 Å². The molecule has 5 nitrogen and oxygen atoms in total. The van der Waals surface area contributed by atoms with Crippen molar-refractivity contribution in [3.05, 3.63) is 41.3 Å². The summed E-state index contributed by atoms with van der Waals surface area (Å²) < 4.78 is 5.95. The number of hydrogen-bond donors (Lipinski definition) is 1. The van der Waals surface area contributed by atoms with E-state index < -0.39 is 0 Å². The molecule has 0 atom stereocenters. The van der Waals surface area contributed by atoms with Crippen molar-refractivity contribution in [3.63, 3.8) is 0 Å². The van der Waals surface area contributed by atoms with Crippen LogP contribution in [0.4, 0.5) is 0 Å². The Morgan fingerprint density at radius 1 is 1.17 bits per heavy atom. The maximum absolute atomic E-state index is 12.1. The number of thiazole rings is 1. The minimum atomic E-state index is -0.306. The Labute approximate surface area is 147 Å². The molecule has 1 aromatic carbocycles. The Bertz CT molecular complexity index is 836. The van der Waals surface area contributed by atoms with Crippen LogP contribution in [0.25, 0.3) is 20.1 Å². The number of fused-ring (bicyclic) bond motifs is 1. The Balaban J connectivity index is 1.64. The Morgan fingerprint density at radius 3 is 2.79 bits per heavy atom. The molecule has 3 rings (SSSR count). The third-order valence-electron chi connectivity index (χ3n) is 3.25. The minimum absolute atomic E-state index is 0.176. The zero-order valence-electron chi connectivity index (χ0n) is 13.1. The van der Waals surface area contributed by atoms with E-state index >= 15 is 0 Å². The lowest BCUT2D eigenvalue weighted by atomic mass is 10.3. The molecule has 0 bridgehead atoms. The average Bonchev–Trinajstić information content (AvgIpc) is 3.21. The van der Waals surface area contributed by atoms with Crippen molar-refractivity contribution in [2.24, 2.45) is 0 Å². The molecule has 2 aromatic heterocycles. The average molecular weight is 360 g/mol. The standard InChI is InChI=1S/C17H16N2O3S2/c1-2-22-15(20)9-10-18-16(21)13-7-8-14(23-13)17-19-11-5-3-4-6-12(11)24-17/h3-8H,2,9-10H2,1H3,(H,18,21). The summed E-state index contributed by atoms with van der Waals surface area (Å²) in [4.78, 5) is 29.6. The largest absolute Gasteiger partial charge is 0.466 e. The summed E-state index contributed by atoms with van der Waals surface area (Å²) in [6.07, 6.45) is 0.176. The number of nitrogens with one attached hydrogen (secondary N) is 1. The maximum atomic E-state index is 12.1. The molecule has 0 fully saturated rings. The van der Waals surface area contributed by atoms with Gasteiger partial charge in [0.05, 0.1) is 33.0 Å². The predicted octanol–water partition coefficient (Wildman–Crippen LogP) is 3.71. The molecular weight excluding hydrogens is 344 g/mol. The fraction of sp³-hybridized carbons (Fsp3) is 0.235. The molecular formula is C17H16N2O3S2. The SMILES string of the molecule is CCOC(=O)CCNC(=O)c1ccc(-c2nc3ccccc3s2)s1. The van der Waals surface area contributed by atoms with E-state index in [2.05, 4.69) is 10.3 Å². The molecule has 0 spiro atoms. The van der Waals surface area contributed by atoms with E-state index in [1.807, 2.05) is 30.3 Å². The van der Waals surface area contributed by atoms with Gasteiger partial charge in [0.25, 0.3) is 5.91 Å². The molecule has 0 unspecified atom stereocenters. The van der Waals surface area contributed by atoms with Gasteiger partial charge in [-0.05, 0) is 31.2 Å². The van der Waals surface area contributed by atoms with Crippen LogP contribution < -0.4 is 5.32 Å². The summed E-state index contributed by atoms with van der Waals surface area (Å²) in [6.45, 7) is 2.38. The summed E-state index contributed by atoms with van der Waals surface area (Å²) in [5.41, 5.74) is 0.964. The molecule has 3 aromatic rings. The quantitative estimate of drug-likeness (QED) is 0.681. The summed E-state index contributed by atoms with van der Waals surface area (Å²) in [5.74, 6) is -0.490. The summed E-state index contributed by atoms with van der Waals surface area (Å²) >= 11 is 3.01. The number of amides is 1. The van der Waals surface area contributed by atoms with Crippen molar-refractivity contribution in [2.45, 2.75) is 13.3 Å². The number of thiophene rings is 1. The van der Waals surface area contributed by atoms with Crippen molar-refractivity contribution >= 4 is 44.8 Å². The van der Waals surface area contributed by atoms with Crippen molar-refractivity contribution in [1.29, 1.82) is 0 Å². The second-order valence-electron chi connectivity index (χ2n) is 4.96. The van der Waals surface area contributed by atoms with Gasteiger partial charge in [-0.25, -0.2) is 4.98 Å². The molecule has 1 N–H and O–H groups in total. The number of esters is 1. The Morgan fingerprint density at radius 2 is 2.00 bits per heavy atom. The third-order valence-corrected chi connectivity index (χ3v) is 5.54. The predicted molar refractivity (Wildman–Crippen MR) is 96.5 cm³/mol. The van der Waals surface area contributed by atoms with E-state index in [9.17, 15) is 9.59 Å². The molecule has 24 heavy (non-hydrogen) atoms. The van der Waals surface area contributed by atoms with E-state index in [0.717, 1.165) is 20.1 Å². The van der Waals surface area contributed by atoms with Gasteiger partial charge in [0.15, 0.2) is 0 Å². The Kier molecular flexibility index (Phi) is 5.22. The first-order valence-electron chi connectivity index (χ1n) is 7.57. The number of rotatable bonds is 6. The molecule has 7 heteroatoms. The number of ether oxygens (including phenoxy) is 1. The van der Waals surface area contributed by atoms with E-state index in [4.69, 9.17) is 4.74 Å². The van der Waals surface area contributed by atoms with Gasteiger partial charge >= 0.3 is 5.97 Å². The molecule has 0 saturated carbocycles. The fourth-order valence-electron chi connectivity index (χ4n) is 2.15. The Hall–Kier alpha value is -2.25. The van der Waals surface area contributed by atoms with Crippen molar-refractivity contribution in [3.8, 4) is 9.88 Å². The van der Waals surface area contributed by atoms with Crippen LogP contribution in [0, 0.1) is 0 Å². The zero-order valence-corrected chi connectivity index (χ0v) is 14.7. The molecule has 1 amide bonds. The monoisotopic (exact) mass is 360 g/mol. The molecule has 0 aliphatic heterocycles. The highest BCUT2D eigenvalue weighted by atomic mass is 32.1. The number of benzene rings is 1. The number of carbonyl (C=O) groups excluding carboxylic acids is 2. The molecule has 0 aliphatic carbocycles. The number of para-hydroxylation sites is 1. The highest BCUT2D eigenvalue weighted by Crippen LogP contribution is 2.34. The zero-order chi connectivity index (χ0) is 16.9. The van der Waals surface area contributed by atoms with E-state index in [0.29, 0.717) is 11.5 Å². The smallest absolute Gasteiger partial charge is 0.307 e. The van der Waals surface area contributed by atoms with Gasteiger partial charge in [0.2, 0.25) is 0 Å². The lowest BCUT2D eigenvalue weighted by molar-refractivity contribution is -0.142. The van der Waals surface area contributed by atoms with Crippen LogP contribution in [0.15, 0.2) is 36.4 Å². The van der Waals surface area contributed by atoms with Gasteiger partial charge < -0.3 is 10.1 Å². The van der Waals surface area contributed by atoms with Crippen molar-refractivity contribution < 1.29 is 14.3 Å². The van der Waals surface area contributed by atoms with Gasteiger partial charge in [-0.1, -0.05) is 12.1 Å². The van der Waals surface area contributed by atoms with Gasteiger partial charge in [-0.2, -0.15) is 0 Å². The molecule has 124 valence electrons. The number of aromatic nitrogens is 1. The first-order valence-corrected chi connectivity index (χ1v) is 9.20. The number of nitrogens with zero attached hydrogens (tertiary/aromatic N) is 1. The van der Waals surface area contributed by atoms with Crippen LogP contribution in [0.3, 0.4) is 0 Å². The van der Waals surface area contributed by atoms with Gasteiger partial charge in [0, 0.05) is 6.54 Å². The second kappa shape index (κ2) is 7.55. The molecule has 0 aliphatic rings. The molecule has 0 saturated heterocycles. The van der Waals surface area contributed by atoms with Gasteiger partial charge in [-0.15, -0.1) is 22.7 Å². The van der Waals surface area contributed by atoms with E-state index in [-0.39, 0.29) is 24.8 Å². The lowest BCUT2D eigenvalue weighted by Crippen LogP contribution is -2.25. The van der Waals surface area contributed by atoms with E-state index in [1.165, 1.54) is 11.3 Å². The second-order valence-corrected chi connectivity index (χ2v) is 7.08. The topological polar surface area (TPSA) is 68.3 Å². The van der Waals surface area contributed by atoms with E-state index in [1.54, 1.807) is 24.3 Å². The van der Waals surface area contributed by atoms with Crippen molar-refractivity contribution in [1.82, 2.24) is 10.3 Å². The van der Waals surface area contributed by atoms with Crippen LogP contribution in [0.2, 0.25) is 0 Å². The lowest BCUT2D eigenvalue weighted by Gasteiger charge is -2.03.